The van der Waals surface area contributed by atoms with Crippen molar-refractivity contribution in [3.8, 4) is 0 Å². The van der Waals surface area contributed by atoms with Crippen LogP contribution < -0.4 is 0 Å². The molecule has 0 aromatic rings. The smallest absolute Gasteiger partial charge is 0.306 e. The third-order valence-electron chi connectivity index (χ3n) is 3.67. The van der Waals surface area contributed by atoms with E-state index in [4.69, 9.17) is 18.9 Å². The van der Waals surface area contributed by atoms with Gasteiger partial charge in [0.15, 0.2) is 0 Å². The van der Waals surface area contributed by atoms with E-state index in [1.807, 2.05) is 6.92 Å². The molecular weight excluding hydrogens is 312 g/mol. The standard InChI is InChI=1S/C18H34O6/c1-4-6-7-8-9-16(14-17(19)21-3)15-18(20)24-13-12-23-11-10-22-5-2/h16H,4-15H2,1-3H3. The average molecular weight is 346 g/mol. The molecule has 0 saturated carbocycles. The summed E-state index contributed by atoms with van der Waals surface area (Å²) >= 11 is 0. The van der Waals surface area contributed by atoms with Gasteiger partial charge in [0.2, 0.25) is 0 Å². The first-order valence-corrected chi connectivity index (χ1v) is 9.01. The number of methoxy groups -OCH3 is 1. The van der Waals surface area contributed by atoms with Gasteiger partial charge in [-0.1, -0.05) is 32.6 Å². The molecule has 142 valence electrons. The molecule has 0 saturated heterocycles. The summed E-state index contributed by atoms with van der Waals surface area (Å²) < 4.78 is 20.3. The monoisotopic (exact) mass is 346 g/mol. The molecule has 0 aliphatic heterocycles. The molecule has 0 rings (SSSR count). The van der Waals surface area contributed by atoms with Crippen molar-refractivity contribution in [3.05, 3.63) is 0 Å². The Bertz CT molecular complexity index is 319. The molecule has 0 spiro atoms. The number of esters is 2. The van der Waals surface area contributed by atoms with Crippen LogP contribution in [-0.4, -0.2) is 52.1 Å². The number of unbranched alkanes of at least 4 members (excludes halogenated alkanes) is 3. The first kappa shape index (κ1) is 22.9. The Balaban J connectivity index is 3.93. The molecule has 0 amide bonds. The highest BCUT2D eigenvalue weighted by atomic mass is 16.6. The van der Waals surface area contributed by atoms with E-state index in [0.717, 1.165) is 25.7 Å². The number of hydrogen-bond acceptors (Lipinski definition) is 6. The number of carbonyl (C=O) groups excluding carboxylic acids is 2. The number of hydrogen-bond donors (Lipinski definition) is 0. The Morgan fingerprint density at radius 2 is 1.50 bits per heavy atom. The predicted octanol–water partition coefficient (Wildman–Crippen LogP) is 3.12. The van der Waals surface area contributed by atoms with Gasteiger partial charge >= 0.3 is 11.9 Å². The van der Waals surface area contributed by atoms with Crippen LogP contribution in [-0.2, 0) is 28.5 Å². The van der Waals surface area contributed by atoms with Gasteiger partial charge < -0.3 is 18.9 Å². The average Bonchev–Trinajstić information content (AvgIpc) is 2.57. The molecule has 0 fully saturated rings. The lowest BCUT2D eigenvalue weighted by molar-refractivity contribution is -0.147. The van der Waals surface area contributed by atoms with Crippen LogP contribution in [0.2, 0.25) is 0 Å². The first-order chi connectivity index (χ1) is 11.6. The van der Waals surface area contributed by atoms with Crippen LogP contribution in [0.25, 0.3) is 0 Å². The topological polar surface area (TPSA) is 71.1 Å². The van der Waals surface area contributed by atoms with Gasteiger partial charge in [-0.25, -0.2) is 0 Å². The summed E-state index contributed by atoms with van der Waals surface area (Å²) in [7, 11) is 1.37. The summed E-state index contributed by atoms with van der Waals surface area (Å²) in [5.74, 6) is -0.573. The van der Waals surface area contributed by atoms with Crippen molar-refractivity contribution in [3.63, 3.8) is 0 Å². The lowest BCUT2D eigenvalue weighted by Crippen LogP contribution is -2.18. The maximum absolute atomic E-state index is 11.9. The Morgan fingerprint density at radius 1 is 0.833 bits per heavy atom. The van der Waals surface area contributed by atoms with Crippen molar-refractivity contribution in [2.75, 3.05) is 40.1 Å². The van der Waals surface area contributed by atoms with E-state index in [1.165, 1.54) is 13.5 Å². The van der Waals surface area contributed by atoms with Gasteiger partial charge in [0.1, 0.15) is 6.61 Å². The first-order valence-electron chi connectivity index (χ1n) is 9.01. The van der Waals surface area contributed by atoms with Gasteiger partial charge in [-0.05, 0) is 19.3 Å². The van der Waals surface area contributed by atoms with Crippen LogP contribution in [0, 0.1) is 5.92 Å². The summed E-state index contributed by atoms with van der Waals surface area (Å²) in [6.45, 7) is 6.37. The van der Waals surface area contributed by atoms with Crippen molar-refractivity contribution >= 4 is 11.9 Å². The van der Waals surface area contributed by atoms with Gasteiger partial charge in [0, 0.05) is 19.4 Å². The van der Waals surface area contributed by atoms with Gasteiger partial charge in [-0.15, -0.1) is 0 Å². The molecule has 24 heavy (non-hydrogen) atoms. The third kappa shape index (κ3) is 14.5. The summed E-state index contributed by atoms with van der Waals surface area (Å²) in [5.41, 5.74) is 0. The fraction of sp³-hybridized carbons (Fsp3) is 0.889. The Labute approximate surface area is 146 Å². The minimum atomic E-state index is -0.284. The Hall–Kier alpha value is -1.14. The second kappa shape index (κ2) is 16.7. The second-order valence-electron chi connectivity index (χ2n) is 5.73. The predicted molar refractivity (Wildman–Crippen MR) is 91.8 cm³/mol. The number of carbonyl (C=O) groups is 2. The summed E-state index contributed by atoms with van der Waals surface area (Å²) in [6, 6.07) is 0. The Morgan fingerprint density at radius 3 is 2.17 bits per heavy atom. The molecular formula is C18H34O6. The molecule has 0 bridgehead atoms. The molecule has 6 nitrogen and oxygen atoms in total. The molecule has 0 N–H and O–H groups in total. The minimum absolute atomic E-state index is 0.0133. The quantitative estimate of drug-likeness (QED) is 0.316. The van der Waals surface area contributed by atoms with Crippen molar-refractivity contribution < 1.29 is 28.5 Å². The van der Waals surface area contributed by atoms with Gasteiger partial charge in [-0.3, -0.25) is 9.59 Å². The molecule has 0 aliphatic carbocycles. The zero-order valence-electron chi connectivity index (χ0n) is 15.5. The molecule has 1 unspecified atom stereocenters. The summed E-state index contributed by atoms with van der Waals surface area (Å²) in [6.07, 6.45) is 5.83. The van der Waals surface area contributed by atoms with Crippen LogP contribution in [0.5, 0.6) is 0 Å². The van der Waals surface area contributed by atoms with Crippen molar-refractivity contribution in [2.45, 2.75) is 58.8 Å². The van der Waals surface area contributed by atoms with Crippen molar-refractivity contribution in [1.82, 2.24) is 0 Å². The van der Waals surface area contributed by atoms with Gasteiger partial charge in [0.05, 0.1) is 26.9 Å². The van der Waals surface area contributed by atoms with Crippen LogP contribution in [0.1, 0.15) is 58.8 Å². The van der Waals surface area contributed by atoms with Crippen LogP contribution in [0.15, 0.2) is 0 Å². The summed E-state index contributed by atoms with van der Waals surface area (Å²) in [4.78, 5) is 23.4. The summed E-state index contributed by atoms with van der Waals surface area (Å²) in [5, 5.41) is 0. The van der Waals surface area contributed by atoms with Gasteiger partial charge in [-0.2, -0.15) is 0 Å². The molecule has 1 atom stereocenters. The maximum atomic E-state index is 11.9. The van der Waals surface area contributed by atoms with Gasteiger partial charge in [0.25, 0.3) is 0 Å². The maximum Gasteiger partial charge on any atom is 0.306 e. The van der Waals surface area contributed by atoms with E-state index in [0.29, 0.717) is 26.4 Å². The second-order valence-corrected chi connectivity index (χ2v) is 5.73. The van der Waals surface area contributed by atoms with E-state index in [1.54, 1.807) is 0 Å². The number of ether oxygens (including phenoxy) is 4. The Kier molecular flexibility index (Phi) is 15.9. The SMILES string of the molecule is CCCCCCC(CC(=O)OC)CC(=O)OCCOCCOCC. The minimum Gasteiger partial charge on any atom is -0.469 e. The molecule has 0 aromatic heterocycles. The highest BCUT2D eigenvalue weighted by Crippen LogP contribution is 2.19. The third-order valence-corrected chi connectivity index (χ3v) is 3.67. The highest BCUT2D eigenvalue weighted by Gasteiger charge is 2.18. The molecule has 0 heterocycles. The highest BCUT2D eigenvalue weighted by molar-refractivity contribution is 5.73. The molecule has 0 aromatic carbocycles. The largest absolute Gasteiger partial charge is 0.469 e. The van der Waals surface area contributed by atoms with E-state index in [9.17, 15) is 9.59 Å². The lowest BCUT2D eigenvalue weighted by atomic mass is 9.94. The number of rotatable bonds is 16. The van der Waals surface area contributed by atoms with E-state index in [2.05, 4.69) is 6.92 Å². The van der Waals surface area contributed by atoms with E-state index in [-0.39, 0.29) is 37.3 Å². The van der Waals surface area contributed by atoms with Crippen LogP contribution in [0.3, 0.4) is 0 Å². The zero-order chi connectivity index (χ0) is 18.0. The normalized spacial score (nSPS) is 12.0. The lowest BCUT2D eigenvalue weighted by Gasteiger charge is -2.15. The van der Waals surface area contributed by atoms with Crippen molar-refractivity contribution in [2.24, 2.45) is 5.92 Å². The van der Waals surface area contributed by atoms with E-state index >= 15 is 0 Å². The van der Waals surface area contributed by atoms with Crippen LogP contribution in [0.4, 0.5) is 0 Å². The van der Waals surface area contributed by atoms with Crippen LogP contribution >= 0.6 is 0 Å². The molecule has 0 radical (unpaired) electrons. The fourth-order valence-corrected chi connectivity index (χ4v) is 2.33. The van der Waals surface area contributed by atoms with Crippen molar-refractivity contribution in [1.29, 1.82) is 0 Å². The zero-order valence-corrected chi connectivity index (χ0v) is 15.5. The fourth-order valence-electron chi connectivity index (χ4n) is 2.33. The molecule has 0 aliphatic rings. The molecule has 6 heteroatoms. The van der Waals surface area contributed by atoms with E-state index < -0.39 is 0 Å².